The zero-order valence-electron chi connectivity index (χ0n) is 19.7. The maximum absolute atomic E-state index is 13.0. The van der Waals surface area contributed by atoms with Crippen molar-refractivity contribution in [3.63, 3.8) is 0 Å². The normalized spacial score (nSPS) is 22.6. The monoisotopic (exact) mass is 472 g/mol. The molecule has 9 nitrogen and oxygen atoms in total. The van der Waals surface area contributed by atoms with Gasteiger partial charge in [-0.1, -0.05) is 0 Å². The summed E-state index contributed by atoms with van der Waals surface area (Å²) in [6.45, 7) is 6.26. The van der Waals surface area contributed by atoms with Gasteiger partial charge in [-0.05, 0) is 63.3 Å². The van der Waals surface area contributed by atoms with Gasteiger partial charge < -0.3 is 29.2 Å². The summed E-state index contributed by atoms with van der Waals surface area (Å²) in [5.41, 5.74) is 1.93. The van der Waals surface area contributed by atoms with Crippen molar-refractivity contribution in [3.05, 3.63) is 39.7 Å². The van der Waals surface area contributed by atoms with Gasteiger partial charge in [-0.15, -0.1) is 0 Å². The number of hydrogen-bond donors (Lipinski definition) is 2. The number of aryl methyl sites for hydroxylation is 1. The lowest BCUT2D eigenvalue weighted by molar-refractivity contribution is -0.154. The summed E-state index contributed by atoms with van der Waals surface area (Å²) in [6, 6.07) is 5.54. The molecule has 1 amide bonds. The van der Waals surface area contributed by atoms with E-state index in [0.29, 0.717) is 31.0 Å². The van der Waals surface area contributed by atoms with Crippen LogP contribution in [0.4, 0.5) is 0 Å². The molecule has 3 heterocycles. The lowest BCUT2D eigenvalue weighted by atomic mass is 9.91. The molecule has 2 fully saturated rings. The van der Waals surface area contributed by atoms with E-state index in [2.05, 4.69) is 5.32 Å². The fraction of sp³-hybridized carbons (Fsp3) is 0.560. The summed E-state index contributed by atoms with van der Waals surface area (Å²) in [5, 5.41) is 11.7. The Morgan fingerprint density at radius 1 is 1.24 bits per heavy atom. The molecule has 3 aliphatic rings. The molecule has 1 aromatic carbocycles. The Balaban J connectivity index is 0.000000636. The summed E-state index contributed by atoms with van der Waals surface area (Å²) in [7, 11) is 0. The van der Waals surface area contributed by atoms with Crippen LogP contribution in [0.5, 0.6) is 5.75 Å². The number of ether oxygens (including phenoxy) is 2. The van der Waals surface area contributed by atoms with E-state index >= 15 is 0 Å². The average Bonchev–Trinajstić information content (AvgIpc) is 3.25. The van der Waals surface area contributed by atoms with Gasteiger partial charge in [-0.25, -0.2) is 4.79 Å². The Morgan fingerprint density at radius 2 is 1.97 bits per heavy atom. The first kappa shape index (κ1) is 24.2. The minimum Gasteiger partial charge on any atom is -0.481 e. The third-order valence-electron chi connectivity index (χ3n) is 6.62. The number of nitrogens with one attached hydrogen (secondary N) is 1. The Morgan fingerprint density at radius 3 is 2.68 bits per heavy atom. The standard InChI is InChI=1S/C23H28N2O5.C2H4O2/c1-15(21(26)25-10-11-28-23(14-25)8-9-24-13-23)29-16-6-7-18-17-4-2-3-5-19(17)22(27)30-20(18)12-16;1-2(3)4/h6-7,12,15,24H,2-5,8-11,13-14H2,1H3;1H3,(H,3,4). The largest absolute Gasteiger partial charge is 0.481 e. The quantitative estimate of drug-likeness (QED) is 0.653. The topological polar surface area (TPSA) is 118 Å². The van der Waals surface area contributed by atoms with Gasteiger partial charge in [0.2, 0.25) is 0 Å². The lowest BCUT2D eigenvalue weighted by Crippen LogP contribution is -2.56. The Hall–Kier alpha value is -2.91. The van der Waals surface area contributed by atoms with Crippen LogP contribution in [0.25, 0.3) is 11.0 Å². The highest BCUT2D eigenvalue weighted by Gasteiger charge is 2.41. The summed E-state index contributed by atoms with van der Waals surface area (Å²) in [5.74, 6) is -0.343. The molecule has 2 saturated heterocycles. The number of fused-ring (bicyclic) bond motifs is 3. The lowest BCUT2D eigenvalue weighted by Gasteiger charge is -2.40. The molecular weight excluding hydrogens is 440 g/mol. The zero-order chi connectivity index (χ0) is 24.3. The number of morpholine rings is 1. The Labute approximate surface area is 198 Å². The highest BCUT2D eigenvalue weighted by molar-refractivity contribution is 5.84. The van der Waals surface area contributed by atoms with Crippen molar-refractivity contribution in [1.82, 2.24) is 10.2 Å². The van der Waals surface area contributed by atoms with Gasteiger partial charge >= 0.3 is 5.63 Å². The van der Waals surface area contributed by atoms with Crippen molar-refractivity contribution in [2.24, 2.45) is 0 Å². The van der Waals surface area contributed by atoms with Crippen LogP contribution in [0, 0.1) is 0 Å². The molecule has 1 aromatic heterocycles. The maximum atomic E-state index is 13.0. The minimum atomic E-state index is -0.833. The summed E-state index contributed by atoms with van der Waals surface area (Å²) >= 11 is 0. The van der Waals surface area contributed by atoms with E-state index in [1.807, 2.05) is 17.0 Å². The van der Waals surface area contributed by atoms with Crippen molar-refractivity contribution < 1.29 is 28.6 Å². The second-order valence-electron chi connectivity index (χ2n) is 9.21. The number of carbonyl (C=O) groups is 2. The van der Waals surface area contributed by atoms with E-state index < -0.39 is 12.1 Å². The van der Waals surface area contributed by atoms with Crippen molar-refractivity contribution in [3.8, 4) is 5.75 Å². The van der Waals surface area contributed by atoms with Gasteiger partial charge in [0.1, 0.15) is 11.3 Å². The molecule has 5 rings (SSSR count). The van der Waals surface area contributed by atoms with E-state index in [9.17, 15) is 9.59 Å². The molecule has 1 spiro atoms. The summed E-state index contributed by atoms with van der Waals surface area (Å²) in [6.07, 6.45) is 4.10. The number of carbonyl (C=O) groups excluding carboxylic acids is 1. The molecule has 1 aliphatic carbocycles. The average molecular weight is 473 g/mol. The van der Waals surface area contributed by atoms with E-state index in [0.717, 1.165) is 68.6 Å². The number of carboxylic acids is 1. The van der Waals surface area contributed by atoms with E-state index in [1.54, 1.807) is 13.0 Å². The maximum Gasteiger partial charge on any atom is 0.339 e. The molecule has 0 saturated carbocycles. The molecule has 0 bridgehead atoms. The van der Waals surface area contributed by atoms with Crippen molar-refractivity contribution in [2.45, 2.75) is 57.7 Å². The fourth-order valence-corrected chi connectivity index (χ4v) is 5.02. The van der Waals surface area contributed by atoms with Crippen LogP contribution in [-0.4, -0.2) is 66.4 Å². The van der Waals surface area contributed by atoms with Gasteiger partial charge in [0.05, 0.1) is 18.8 Å². The molecule has 2 aliphatic heterocycles. The second-order valence-corrected chi connectivity index (χ2v) is 9.21. The van der Waals surface area contributed by atoms with Crippen molar-refractivity contribution in [2.75, 3.05) is 32.8 Å². The zero-order valence-corrected chi connectivity index (χ0v) is 19.7. The van der Waals surface area contributed by atoms with E-state index in [-0.39, 0.29) is 17.1 Å². The van der Waals surface area contributed by atoms with Gasteiger partial charge in [0, 0.05) is 37.0 Å². The highest BCUT2D eigenvalue weighted by atomic mass is 16.5. The van der Waals surface area contributed by atoms with Gasteiger partial charge in [0.25, 0.3) is 11.9 Å². The predicted molar refractivity (Wildman–Crippen MR) is 125 cm³/mol. The van der Waals surface area contributed by atoms with Crippen LogP contribution in [0.15, 0.2) is 27.4 Å². The molecule has 2 atom stereocenters. The SMILES string of the molecule is CC(=O)O.CC(Oc1ccc2c3c(c(=O)oc2c1)CCCC3)C(=O)N1CCOC2(CCNC2)C1. The third kappa shape index (κ3) is 5.26. The van der Waals surface area contributed by atoms with Crippen LogP contribution < -0.4 is 15.7 Å². The first-order valence-electron chi connectivity index (χ1n) is 11.9. The molecule has 2 unspecified atom stereocenters. The van der Waals surface area contributed by atoms with E-state index in [1.165, 1.54) is 0 Å². The predicted octanol–water partition coefficient (Wildman–Crippen LogP) is 2.12. The number of benzene rings is 1. The summed E-state index contributed by atoms with van der Waals surface area (Å²) < 4.78 is 17.5. The number of carboxylic acid groups (broad SMARTS) is 1. The first-order valence-corrected chi connectivity index (χ1v) is 11.9. The van der Waals surface area contributed by atoms with Crippen LogP contribution in [-0.2, 0) is 27.2 Å². The number of amides is 1. The van der Waals surface area contributed by atoms with Crippen molar-refractivity contribution in [1.29, 1.82) is 0 Å². The van der Waals surface area contributed by atoms with Crippen LogP contribution >= 0.6 is 0 Å². The number of nitrogens with zero attached hydrogens (tertiary/aromatic N) is 1. The molecular formula is C25H32N2O7. The van der Waals surface area contributed by atoms with Crippen LogP contribution in [0.1, 0.15) is 44.2 Å². The molecule has 2 N–H and O–H groups in total. The minimum absolute atomic E-state index is 0.0448. The molecule has 9 heteroatoms. The van der Waals surface area contributed by atoms with E-state index in [4.69, 9.17) is 23.8 Å². The second kappa shape index (κ2) is 10.1. The van der Waals surface area contributed by atoms with Gasteiger partial charge in [-0.2, -0.15) is 0 Å². The van der Waals surface area contributed by atoms with Crippen LogP contribution in [0.2, 0.25) is 0 Å². The first-order chi connectivity index (χ1) is 16.3. The molecule has 34 heavy (non-hydrogen) atoms. The summed E-state index contributed by atoms with van der Waals surface area (Å²) in [4.78, 5) is 36.2. The number of hydrogen-bond acceptors (Lipinski definition) is 7. The number of aliphatic carboxylic acids is 1. The smallest absolute Gasteiger partial charge is 0.339 e. The fourth-order valence-electron chi connectivity index (χ4n) is 5.02. The third-order valence-corrected chi connectivity index (χ3v) is 6.62. The molecule has 184 valence electrons. The van der Waals surface area contributed by atoms with Gasteiger partial charge in [0.15, 0.2) is 6.10 Å². The molecule has 0 radical (unpaired) electrons. The molecule has 2 aromatic rings. The van der Waals surface area contributed by atoms with Gasteiger partial charge in [-0.3, -0.25) is 9.59 Å². The number of rotatable bonds is 3. The highest BCUT2D eigenvalue weighted by Crippen LogP contribution is 2.30. The van der Waals surface area contributed by atoms with Crippen molar-refractivity contribution >= 4 is 22.8 Å². The van der Waals surface area contributed by atoms with Crippen LogP contribution in [0.3, 0.4) is 0 Å². The Bertz CT molecular complexity index is 1120. The Kier molecular flexibility index (Phi) is 7.23.